The van der Waals surface area contributed by atoms with Gasteiger partial charge in [-0.05, 0) is 43.6 Å². The van der Waals surface area contributed by atoms with E-state index in [1.807, 2.05) is 0 Å². The van der Waals surface area contributed by atoms with Crippen LogP contribution in [0, 0.1) is 11.3 Å². The van der Waals surface area contributed by atoms with E-state index in [2.05, 4.69) is 25.7 Å². The van der Waals surface area contributed by atoms with Gasteiger partial charge in [0.25, 0.3) is 0 Å². The van der Waals surface area contributed by atoms with Crippen LogP contribution < -0.4 is 0 Å². The molecule has 2 fully saturated rings. The van der Waals surface area contributed by atoms with E-state index < -0.39 is 5.97 Å². The molecule has 0 spiro atoms. The molecule has 0 amide bonds. The van der Waals surface area contributed by atoms with Crippen LogP contribution in [-0.2, 0) is 4.79 Å². The number of carbonyl (C=O) groups is 1. The van der Waals surface area contributed by atoms with Gasteiger partial charge in [0.15, 0.2) is 0 Å². The number of likely N-dealkylation sites (tertiary alicyclic amines) is 1. The summed E-state index contributed by atoms with van der Waals surface area (Å²) >= 11 is 0. The lowest BCUT2D eigenvalue weighted by molar-refractivity contribution is -0.144. The lowest BCUT2D eigenvalue weighted by Crippen LogP contribution is -2.48. The fourth-order valence-electron chi connectivity index (χ4n) is 3.71. The van der Waals surface area contributed by atoms with Crippen LogP contribution in [0.1, 0.15) is 52.9 Å². The summed E-state index contributed by atoms with van der Waals surface area (Å²) in [5, 5.41) is 9.37. The predicted molar refractivity (Wildman–Crippen MR) is 67.9 cm³/mol. The SMILES string of the molecule is CC1CCN(C2CCCC(C)(C)C2)C1C(=O)O. The molecule has 3 heteroatoms. The lowest BCUT2D eigenvalue weighted by Gasteiger charge is -2.41. The molecule has 0 aromatic rings. The van der Waals surface area contributed by atoms with Gasteiger partial charge in [-0.15, -0.1) is 0 Å². The fraction of sp³-hybridized carbons (Fsp3) is 0.929. The first kappa shape index (κ1) is 12.9. The maximum Gasteiger partial charge on any atom is 0.321 e. The molecule has 3 atom stereocenters. The van der Waals surface area contributed by atoms with E-state index in [-0.39, 0.29) is 6.04 Å². The Kier molecular flexibility index (Phi) is 3.48. The minimum absolute atomic E-state index is 0.242. The zero-order valence-electron chi connectivity index (χ0n) is 11.3. The highest BCUT2D eigenvalue weighted by molar-refractivity contribution is 5.74. The molecule has 1 aliphatic heterocycles. The molecule has 1 N–H and O–H groups in total. The van der Waals surface area contributed by atoms with Gasteiger partial charge in [0.05, 0.1) is 0 Å². The lowest BCUT2D eigenvalue weighted by atomic mass is 9.74. The van der Waals surface area contributed by atoms with E-state index in [0.29, 0.717) is 17.4 Å². The average molecular weight is 239 g/mol. The average Bonchev–Trinajstić information content (AvgIpc) is 2.58. The summed E-state index contributed by atoms with van der Waals surface area (Å²) < 4.78 is 0. The zero-order chi connectivity index (χ0) is 12.6. The summed E-state index contributed by atoms with van der Waals surface area (Å²) in [4.78, 5) is 13.7. The predicted octanol–water partition coefficient (Wildman–Crippen LogP) is 2.75. The number of rotatable bonds is 2. The van der Waals surface area contributed by atoms with Crippen molar-refractivity contribution in [2.45, 2.75) is 65.0 Å². The third-order valence-corrected chi connectivity index (χ3v) is 4.64. The van der Waals surface area contributed by atoms with Gasteiger partial charge in [-0.25, -0.2) is 0 Å². The van der Waals surface area contributed by atoms with Crippen molar-refractivity contribution in [3.8, 4) is 0 Å². The molecule has 1 aliphatic carbocycles. The maximum atomic E-state index is 11.4. The first-order valence-electron chi connectivity index (χ1n) is 6.89. The molecule has 0 bridgehead atoms. The quantitative estimate of drug-likeness (QED) is 0.805. The third kappa shape index (κ3) is 2.65. The van der Waals surface area contributed by atoms with Crippen LogP contribution in [0.15, 0.2) is 0 Å². The van der Waals surface area contributed by atoms with Crippen LogP contribution in [0.2, 0.25) is 0 Å². The summed E-state index contributed by atoms with van der Waals surface area (Å²) in [6.45, 7) is 7.68. The molecule has 98 valence electrons. The summed E-state index contributed by atoms with van der Waals surface area (Å²) in [5.41, 5.74) is 0.387. The van der Waals surface area contributed by atoms with Crippen molar-refractivity contribution < 1.29 is 9.90 Å². The van der Waals surface area contributed by atoms with Crippen molar-refractivity contribution in [2.24, 2.45) is 11.3 Å². The second kappa shape index (κ2) is 4.60. The van der Waals surface area contributed by atoms with E-state index in [1.165, 1.54) is 19.3 Å². The van der Waals surface area contributed by atoms with Crippen molar-refractivity contribution >= 4 is 5.97 Å². The topological polar surface area (TPSA) is 40.5 Å². The molecule has 2 aliphatic rings. The Hall–Kier alpha value is -0.570. The van der Waals surface area contributed by atoms with E-state index in [0.717, 1.165) is 19.4 Å². The summed E-state index contributed by atoms with van der Waals surface area (Å²) in [6.07, 6.45) is 5.90. The highest BCUT2D eigenvalue weighted by Gasteiger charge is 2.42. The molecule has 2 rings (SSSR count). The number of hydrogen-bond donors (Lipinski definition) is 1. The first-order valence-corrected chi connectivity index (χ1v) is 6.89. The third-order valence-electron chi connectivity index (χ3n) is 4.64. The second-order valence-corrected chi connectivity index (χ2v) is 6.70. The molecule has 0 aromatic heterocycles. The van der Waals surface area contributed by atoms with Crippen molar-refractivity contribution in [3.63, 3.8) is 0 Å². The summed E-state index contributed by atoms with van der Waals surface area (Å²) in [7, 11) is 0. The number of aliphatic carboxylic acids is 1. The highest BCUT2D eigenvalue weighted by atomic mass is 16.4. The Balaban J connectivity index is 2.08. The standard InChI is InChI=1S/C14H25NO2/c1-10-6-8-15(12(10)13(16)17)11-5-4-7-14(2,3)9-11/h10-12H,4-9H2,1-3H3,(H,16,17). The number of carboxylic acid groups (broad SMARTS) is 1. The Labute approximate surface area is 104 Å². The highest BCUT2D eigenvalue weighted by Crippen LogP contribution is 2.40. The van der Waals surface area contributed by atoms with Crippen LogP contribution in [0.4, 0.5) is 0 Å². The minimum atomic E-state index is -0.627. The maximum absolute atomic E-state index is 11.4. The molecule has 1 heterocycles. The molecule has 3 nitrogen and oxygen atoms in total. The Morgan fingerprint density at radius 1 is 1.35 bits per heavy atom. The van der Waals surface area contributed by atoms with Crippen molar-refractivity contribution in [3.05, 3.63) is 0 Å². The van der Waals surface area contributed by atoms with Gasteiger partial charge in [0.2, 0.25) is 0 Å². The van der Waals surface area contributed by atoms with Gasteiger partial charge in [-0.3, -0.25) is 9.69 Å². The summed E-state index contributed by atoms with van der Waals surface area (Å²) in [6, 6.07) is 0.249. The summed E-state index contributed by atoms with van der Waals surface area (Å²) in [5.74, 6) is -0.323. The van der Waals surface area contributed by atoms with E-state index in [1.54, 1.807) is 0 Å². The molecule has 0 radical (unpaired) electrons. The molecular formula is C14H25NO2. The Morgan fingerprint density at radius 3 is 2.65 bits per heavy atom. The van der Waals surface area contributed by atoms with Gasteiger partial charge in [0, 0.05) is 6.04 Å². The van der Waals surface area contributed by atoms with Crippen molar-refractivity contribution in [1.29, 1.82) is 0 Å². The molecular weight excluding hydrogens is 214 g/mol. The van der Waals surface area contributed by atoms with E-state index in [4.69, 9.17) is 0 Å². The minimum Gasteiger partial charge on any atom is -0.480 e. The Morgan fingerprint density at radius 2 is 2.06 bits per heavy atom. The number of nitrogens with zero attached hydrogens (tertiary/aromatic N) is 1. The van der Waals surface area contributed by atoms with Crippen LogP contribution in [-0.4, -0.2) is 34.6 Å². The second-order valence-electron chi connectivity index (χ2n) is 6.70. The molecule has 1 saturated heterocycles. The van der Waals surface area contributed by atoms with Crippen LogP contribution in [0.5, 0.6) is 0 Å². The van der Waals surface area contributed by atoms with Gasteiger partial charge >= 0.3 is 5.97 Å². The fourth-order valence-corrected chi connectivity index (χ4v) is 3.71. The monoisotopic (exact) mass is 239 g/mol. The van der Waals surface area contributed by atoms with Crippen molar-refractivity contribution in [1.82, 2.24) is 4.90 Å². The first-order chi connectivity index (χ1) is 7.91. The van der Waals surface area contributed by atoms with Crippen molar-refractivity contribution in [2.75, 3.05) is 6.54 Å². The molecule has 0 aromatic carbocycles. The van der Waals surface area contributed by atoms with Gasteiger partial charge < -0.3 is 5.11 Å². The van der Waals surface area contributed by atoms with Gasteiger partial charge in [-0.2, -0.15) is 0 Å². The number of carboxylic acids is 1. The van der Waals surface area contributed by atoms with Crippen LogP contribution in [0.25, 0.3) is 0 Å². The van der Waals surface area contributed by atoms with Gasteiger partial charge in [-0.1, -0.05) is 27.2 Å². The van der Waals surface area contributed by atoms with Crippen LogP contribution >= 0.6 is 0 Å². The van der Waals surface area contributed by atoms with Crippen LogP contribution in [0.3, 0.4) is 0 Å². The van der Waals surface area contributed by atoms with E-state index in [9.17, 15) is 9.90 Å². The number of hydrogen-bond acceptors (Lipinski definition) is 2. The van der Waals surface area contributed by atoms with E-state index >= 15 is 0 Å². The Bertz CT molecular complexity index is 301. The van der Waals surface area contributed by atoms with Gasteiger partial charge in [0.1, 0.15) is 6.04 Å². The normalized spacial score (nSPS) is 38.2. The molecule has 17 heavy (non-hydrogen) atoms. The molecule has 3 unspecified atom stereocenters. The molecule has 1 saturated carbocycles. The largest absolute Gasteiger partial charge is 0.480 e. The zero-order valence-corrected chi connectivity index (χ0v) is 11.3. The smallest absolute Gasteiger partial charge is 0.321 e.